The summed E-state index contributed by atoms with van der Waals surface area (Å²) in [5.74, 6) is 0.766. The minimum atomic E-state index is -4.54. The number of nitrogens with zero attached hydrogens (tertiary/aromatic N) is 4. The van der Waals surface area contributed by atoms with Gasteiger partial charge in [-0.3, -0.25) is 4.98 Å². The molecule has 2 aliphatic heterocycles. The molecule has 6 nitrogen and oxygen atoms in total. The minimum absolute atomic E-state index is 0.0301. The Hall–Kier alpha value is -2.26. The smallest absolute Gasteiger partial charge is 0.381 e. The maximum atomic E-state index is 13.4. The van der Waals surface area contributed by atoms with Crippen LogP contribution in [-0.4, -0.2) is 54.0 Å². The fraction of sp³-hybridized carbons (Fsp3) is 0.550. The predicted octanol–water partition coefficient (Wildman–Crippen LogP) is 3.58. The van der Waals surface area contributed by atoms with Crippen LogP contribution in [0.2, 0.25) is 0 Å². The molecule has 0 aliphatic carbocycles. The van der Waals surface area contributed by atoms with Gasteiger partial charge in [0, 0.05) is 49.6 Å². The first-order chi connectivity index (χ1) is 14.0. The Bertz CT molecular complexity index is 805. The quantitative estimate of drug-likeness (QED) is 0.754. The summed E-state index contributed by atoms with van der Waals surface area (Å²) in [5.41, 5.74) is -0.488. The lowest BCUT2D eigenvalue weighted by Gasteiger charge is -2.33. The van der Waals surface area contributed by atoms with Crippen LogP contribution < -0.4 is 4.90 Å². The van der Waals surface area contributed by atoms with Gasteiger partial charge in [0.1, 0.15) is 5.82 Å². The van der Waals surface area contributed by atoms with Crippen molar-refractivity contribution in [2.75, 3.05) is 37.8 Å². The van der Waals surface area contributed by atoms with E-state index in [0.717, 1.165) is 38.5 Å². The number of pyridine rings is 1. The number of halogens is 3. The highest BCUT2D eigenvalue weighted by Crippen LogP contribution is 2.32. The molecule has 2 aromatic heterocycles. The van der Waals surface area contributed by atoms with Gasteiger partial charge < -0.3 is 14.4 Å². The van der Waals surface area contributed by atoms with E-state index in [1.165, 1.54) is 6.20 Å². The van der Waals surface area contributed by atoms with Gasteiger partial charge in [0.15, 0.2) is 11.5 Å². The molecule has 4 rings (SSSR count). The van der Waals surface area contributed by atoms with Crippen molar-refractivity contribution >= 4 is 5.82 Å². The average molecular weight is 408 g/mol. The van der Waals surface area contributed by atoms with Crippen molar-refractivity contribution in [3.63, 3.8) is 0 Å². The second-order valence-corrected chi connectivity index (χ2v) is 7.42. The van der Waals surface area contributed by atoms with Crippen LogP contribution in [0, 0.1) is 5.92 Å². The Balaban J connectivity index is 1.46. The molecule has 2 saturated heterocycles. The largest absolute Gasteiger partial charge is 0.433 e. The first-order valence-corrected chi connectivity index (χ1v) is 9.80. The first kappa shape index (κ1) is 20.0. The molecule has 0 saturated carbocycles. The maximum Gasteiger partial charge on any atom is 0.433 e. The van der Waals surface area contributed by atoms with E-state index in [4.69, 9.17) is 9.47 Å². The van der Waals surface area contributed by atoms with Gasteiger partial charge in [0.25, 0.3) is 0 Å². The molecule has 1 unspecified atom stereocenters. The molecule has 4 heterocycles. The number of anilines is 1. The molecule has 0 radical (unpaired) electrons. The molecule has 156 valence electrons. The summed E-state index contributed by atoms with van der Waals surface area (Å²) in [6.45, 7) is 3.40. The van der Waals surface area contributed by atoms with Gasteiger partial charge in [-0.1, -0.05) is 0 Å². The maximum absolute atomic E-state index is 13.4. The molecule has 0 spiro atoms. The van der Waals surface area contributed by atoms with Crippen molar-refractivity contribution in [1.29, 1.82) is 0 Å². The lowest BCUT2D eigenvalue weighted by molar-refractivity contribution is -0.141. The standard InChI is InChI=1S/C20H23F3N4O2/c21-20(22,23)17-10-18(26-19(25-17)15-2-1-6-24-11-15)27-7-3-16(4-8-27)29-13-14-5-9-28-12-14/h1-2,6,10-11,14,16H,3-5,7-9,12-13H2. The fourth-order valence-corrected chi connectivity index (χ4v) is 3.60. The van der Waals surface area contributed by atoms with Crippen LogP contribution >= 0.6 is 0 Å². The van der Waals surface area contributed by atoms with E-state index in [1.807, 2.05) is 4.90 Å². The lowest BCUT2D eigenvalue weighted by Crippen LogP contribution is -2.38. The van der Waals surface area contributed by atoms with Crippen LogP contribution in [0.5, 0.6) is 0 Å². The van der Waals surface area contributed by atoms with Gasteiger partial charge >= 0.3 is 6.18 Å². The predicted molar refractivity (Wildman–Crippen MR) is 100 cm³/mol. The highest BCUT2D eigenvalue weighted by atomic mass is 19.4. The third-order valence-corrected chi connectivity index (χ3v) is 5.28. The van der Waals surface area contributed by atoms with E-state index in [2.05, 4.69) is 15.0 Å². The highest BCUT2D eigenvalue weighted by Gasteiger charge is 2.35. The van der Waals surface area contributed by atoms with Gasteiger partial charge in [-0.25, -0.2) is 9.97 Å². The van der Waals surface area contributed by atoms with Crippen LogP contribution in [0.25, 0.3) is 11.4 Å². The van der Waals surface area contributed by atoms with Crippen molar-refractivity contribution in [2.24, 2.45) is 5.92 Å². The molecular formula is C20H23F3N4O2. The first-order valence-electron chi connectivity index (χ1n) is 9.80. The zero-order valence-corrected chi connectivity index (χ0v) is 15.9. The number of piperidine rings is 1. The van der Waals surface area contributed by atoms with E-state index in [1.54, 1.807) is 18.3 Å². The van der Waals surface area contributed by atoms with E-state index in [9.17, 15) is 13.2 Å². The van der Waals surface area contributed by atoms with Crippen molar-refractivity contribution in [1.82, 2.24) is 15.0 Å². The Morgan fingerprint density at radius 1 is 1.17 bits per heavy atom. The molecule has 0 bridgehead atoms. The normalized spacial score (nSPS) is 20.9. The zero-order chi connectivity index (χ0) is 20.3. The summed E-state index contributed by atoms with van der Waals surface area (Å²) in [6.07, 6.45) is 1.12. The van der Waals surface area contributed by atoms with Crippen molar-refractivity contribution < 1.29 is 22.6 Å². The Kier molecular flexibility index (Phi) is 5.96. The molecule has 2 fully saturated rings. The average Bonchev–Trinajstić information content (AvgIpc) is 3.26. The van der Waals surface area contributed by atoms with E-state index >= 15 is 0 Å². The number of aromatic nitrogens is 3. The lowest BCUT2D eigenvalue weighted by atomic mass is 10.1. The second-order valence-electron chi connectivity index (χ2n) is 7.42. The van der Waals surface area contributed by atoms with Crippen LogP contribution in [0.1, 0.15) is 25.0 Å². The summed E-state index contributed by atoms with van der Waals surface area (Å²) in [4.78, 5) is 13.9. The molecule has 29 heavy (non-hydrogen) atoms. The monoisotopic (exact) mass is 408 g/mol. The van der Waals surface area contributed by atoms with Crippen LogP contribution in [-0.2, 0) is 15.7 Å². The zero-order valence-electron chi connectivity index (χ0n) is 15.9. The van der Waals surface area contributed by atoms with Gasteiger partial charge in [-0.05, 0) is 31.4 Å². The topological polar surface area (TPSA) is 60.4 Å². The number of rotatable bonds is 5. The summed E-state index contributed by atoms with van der Waals surface area (Å²) in [6, 6.07) is 4.33. The Morgan fingerprint density at radius 2 is 2.00 bits per heavy atom. The SMILES string of the molecule is FC(F)(F)c1cc(N2CCC(OCC3CCOC3)CC2)nc(-c2cccnc2)n1. The number of ether oxygens (including phenoxy) is 2. The van der Waals surface area contributed by atoms with Crippen molar-refractivity contribution in [3.05, 3.63) is 36.3 Å². The van der Waals surface area contributed by atoms with Crippen LogP contribution in [0.15, 0.2) is 30.6 Å². The third-order valence-electron chi connectivity index (χ3n) is 5.28. The molecule has 0 amide bonds. The molecule has 0 aromatic carbocycles. The summed E-state index contributed by atoms with van der Waals surface area (Å²) < 4.78 is 51.5. The van der Waals surface area contributed by atoms with E-state index < -0.39 is 11.9 Å². The van der Waals surface area contributed by atoms with Gasteiger partial charge in [-0.15, -0.1) is 0 Å². The Morgan fingerprint density at radius 3 is 2.66 bits per heavy atom. The van der Waals surface area contributed by atoms with E-state index in [-0.39, 0.29) is 17.7 Å². The van der Waals surface area contributed by atoms with Gasteiger partial charge in [-0.2, -0.15) is 13.2 Å². The third kappa shape index (κ3) is 5.02. The van der Waals surface area contributed by atoms with Gasteiger partial charge in [0.2, 0.25) is 0 Å². The Labute approximate surface area is 167 Å². The number of hydrogen-bond donors (Lipinski definition) is 0. The molecule has 0 N–H and O–H groups in total. The second kappa shape index (κ2) is 8.62. The molecule has 2 aromatic rings. The number of alkyl halides is 3. The minimum Gasteiger partial charge on any atom is -0.381 e. The highest BCUT2D eigenvalue weighted by molar-refractivity contribution is 5.57. The number of hydrogen-bond acceptors (Lipinski definition) is 6. The fourth-order valence-electron chi connectivity index (χ4n) is 3.60. The van der Waals surface area contributed by atoms with Crippen molar-refractivity contribution in [3.8, 4) is 11.4 Å². The van der Waals surface area contributed by atoms with E-state index in [0.29, 0.717) is 31.2 Å². The van der Waals surface area contributed by atoms with Crippen molar-refractivity contribution in [2.45, 2.75) is 31.5 Å². The van der Waals surface area contributed by atoms with Crippen LogP contribution in [0.4, 0.5) is 19.0 Å². The summed E-state index contributed by atoms with van der Waals surface area (Å²) in [7, 11) is 0. The molecule has 2 aliphatic rings. The van der Waals surface area contributed by atoms with Gasteiger partial charge in [0.05, 0.1) is 19.3 Å². The summed E-state index contributed by atoms with van der Waals surface area (Å²) >= 11 is 0. The molecule has 9 heteroatoms. The molecule has 1 atom stereocenters. The van der Waals surface area contributed by atoms with Crippen LogP contribution in [0.3, 0.4) is 0 Å². The summed E-state index contributed by atoms with van der Waals surface area (Å²) in [5, 5.41) is 0. The molecular weight excluding hydrogens is 385 g/mol.